The maximum absolute atomic E-state index is 13.5. The molecule has 0 unspecified atom stereocenters. The minimum atomic E-state index is -3.61. The normalized spacial score (nSPS) is 11.6. The number of Topliss-reactive ketones (excluding diaryl/α,β-unsaturated/α-hetero) is 1. The third-order valence-electron chi connectivity index (χ3n) is 5.36. The molecule has 3 aromatic rings. The van der Waals surface area contributed by atoms with Crippen molar-refractivity contribution in [1.82, 2.24) is 24.4 Å². The molecule has 0 atom stereocenters. The number of nitrogens with one attached hydrogen (secondary N) is 1. The molecule has 0 saturated heterocycles. The second-order valence-electron chi connectivity index (χ2n) is 7.77. The summed E-state index contributed by atoms with van der Waals surface area (Å²) < 4.78 is 41.9. The van der Waals surface area contributed by atoms with Crippen molar-refractivity contribution in [2.45, 2.75) is 37.2 Å². The van der Waals surface area contributed by atoms with Crippen molar-refractivity contribution in [3.63, 3.8) is 0 Å². The predicted molar refractivity (Wildman–Crippen MR) is 135 cm³/mol. The van der Waals surface area contributed by atoms with Crippen LogP contribution in [0.3, 0.4) is 0 Å². The first-order chi connectivity index (χ1) is 17.2. The van der Waals surface area contributed by atoms with Gasteiger partial charge in [0.2, 0.25) is 15.9 Å². The summed E-state index contributed by atoms with van der Waals surface area (Å²) in [5, 5.41) is 11.5. The molecule has 1 heterocycles. The van der Waals surface area contributed by atoms with Crippen molar-refractivity contribution in [3.05, 3.63) is 65.7 Å². The number of hydrogen-bond donors (Lipinski definition) is 1. The molecule has 12 heteroatoms. The lowest BCUT2D eigenvalue weighted by Gasteiger charge is -2.18. The monoisotopic (exact) mass is 533 g/mol. The fraction of sp³-hybridized carbons (Fsp3) is 0.333. The first-order valence-electron chi connectivity index (χ1n) is 11.4. The van der Waals surface area contributed by atoms with E-state index in [0.717, 1.165) is 11.8 Å². The summed E-state index contributed by atoms with van der Waals surface area (Å²) in [7, 11) is -3.61. The number of rotatable bonds is 12. The topological polar surface area (TPSA) is 114 Å². The number of hydrogen-bond acceptors (Lipinski definition) is 7. The van der Waals surface area contributed by atoms with E-state index in [0.29, 0.717) is 48.3 Å². The van der Waals surface area contributed by atoms with Crippen LogP contribution < -0.4 is 5.32 Å². The SMILES string of the molecule is CCN(CC)S(=O)(=O)c1ccc(C(=O)CSc2nnc(CCNC(C)=O)n2-c2ccc(F)cc2)cc1. The van der Waals surface area contributed by atoms with Crippen LogP contribution in [-0.4, -0.2) is 64.6 Å². The van der Waals surface area contributed by atoms with E-state index in [9.17, 15) is 22.4 Å². The average Bonchev–Trinajstić information content (AvgIpc) is 3.26. The molecule has 1 N–H and O–H groups in total. The van der Waals surface area contributed by atoms with Gasteiger partial charge in [-0.25, -0.2) is 12.8 Å². The molecule has 3 rings (SSSR count). The van der Waals surface area contributed by atoms with Crippen LogP contribution in [0, 0.1) is 5.82 Å². The minimum absolute atomic E-state index is 0.0349. The molecular formula is C24H28FN5O4S2. The van der Waals surface area contributed by atoms with Crippen LogP contribution in [0.4, 0.5) is 4.39 Å². The van der Waals surface area contributed by atoms with Crippen LogP contribution >= 0.6 is 11.8 Å². The fourth-order valence-electron chi connectivity index (χ4n) is 3.49. The second kappa shape index (κ2) is 12.2. The highest BCUT2D eigenvalue weighted by atomic mass is 32.2. The Labute approximate surface area is 214 Å². The van der Waals surface area contributed by atoms with Gasteiger partial charge in [-0.1, -0.05) is 37.7 Å². The Morgan fingerprint density at radius 1 is 1.03 bits per heavy atom. The van der Waals surface area contributed by atoms with Crippen LogP contribution in [0.5, 0.6) is 0 Å². The number of sulfonamides is 1. The van der Waals surface area contributed by atoms with Gasteiger partial charge in [-0.05, 0) is 36.4 Å². The molecule has 9 nitrogen and oxygen atoms in total. The molecule has 0 aliphatic rings. The van der Waals surface area contributed by atoms with Gasteiger partial charge in [-0.2, -0.15) is 4.31 Å². The summed E-state index contributed by atoms with van der Waals surface area (Å²) in [5.74, 6) is -0.175. The molecule has 2 aromatic carbocycles. The van der Waals surface area contributed by atoms with Crippen LogP contribution in [0.15, 0.2) is 58.6 Å². The number of thioether (sulfide) groups is 1. The largest absolute Gasteiger partial charge is 0.356 e. The number of aromatic nitrogens is 3. The number of amides is 1. The third kappa shape index (κ3) is 6.56. The first kappa shape index (κ1) is 27.5. The zero-order valence-electron chi connectivity index (χ0n) is 20.3. The van der Waals surface area contributed by atoms with Crippen molar-refractivity contribution in [2.24, 2.45) is 0 Å². The summed E-state index contributed by atoms with van der Waals surface area (Å²) >= 11 is 1.16. The summed E-state index contributed by atoms with van der Waals surface area (Å²) in [5.41, 5.74) is 1.000. The summed E-state index contributed by atoms with van der Waals surface area (Å²) in [6, 6.07) is 11.7. The lowest BCUT2D eigenvalue weighted by atomic mass is 10.1. The number of benzene rings is 2. The van der Waals surface area contributed by atoms with Gasteiger partial charge in [-0.15, -0.1) is 10.2 Å². The summed E-state index contributed by atoms with van der Waals surface area (Å²) in [4.78, 5) is 24.2. The lowest BCUT2D eigenvalue weighted by molar-refractivity contribution is -0.118. The van der Waals surface area contributed by atoms with Crippen molar-refractivity contribution in [1.29, 1.82) is 0 Å². The maximum atomic E-state index is 13.5. The highest BCUT2D eigenvalue weighted by Crippen LogP contribution is 2.24. The van der Waals surface area contributed by atoms with Crippen molar-refractivity contribution in [2.75, 3.05) is 25.4 Å². The van der Waals surface area contributed by atoms with Crippen molar-refractivity contribution >= 4 is 33.5 Å². The number of nitrogens with zero attached hydrogens (tertiary/aromatic N) is 4. The Balaban J connectivity index is 1.77. The molecule has 0 aliphatic carbocycles. The molecular weight excluding hydrogens is 505 g/mol. The maximum Gasteiger partial charge on any atom is 0.243 e. The van der Waals surface area contributed by atoms with E-state index in [2.05, 4.69) is 15.5 Å². The molecule has 0 spiro atoms. The van der Waals surface area contributed by atoms with Gasteiger partial charge in [0.15, 0.2) is 10.9 Å². The number of carbonyl (C=O) groups is 2. The zero-order chi connectivity index (χ0) is 26.3. The molecule has 192 valence electrons. The van der Waals surface area contributed by atoms with E-state index in [4.69, 9.17) is 0 Å². The predicted octanol–water partition coefficient (Wildman–Crippen LogP) is 3.09. The van der Waals surface area contributed by atoms with Crippen LogP contribution in [0.1, 0.15) is 37.0 Å². The molecule has 0 fully saturated rings. The standard InChI is InChI=1S/C24H28FN5O4S2/c1-4-29(5-2)36(33,34)21-12-6-18(7-13-21)22(32)16-35-24-28-27-23(14-15-26-17(3)31)30(24)20-10-8-19(25)9-11-20/h6-13H,4-5,14-16H2,1-3H3,(H,26,31). The van der Waals surface area contributed by atoms with E-state index < -0.39 is 10.0 Å². The van der Waals surface area contributed by atoms with Crippen LogP contribution in [-0.2, 0) is 21.2 Å². The molecule has 1 amide bonds. The highest BCUT2D eigenvalue weighted by Gasteiger charge is 2.22. The van der Waals surface area contributed by atoms with Gasteiger partial charge >= 0.3 is 0 Å². The lowest BCUT2D eigenvalue weighted by Crippen LogP contribution is -2.30. The van der Waals surface area contributed by atoms with Crippen LogP contribution in [0.25, 0.3) is 5.69 Å². The smallest absolute Gasteiger partial charge is 0.243 e. The molecule has 1 aromatic heterocycles. The van der Waals surface area contributed by atoms with Gasteiger partial charge in [0.05, 0.1) is 10.6 Å². The quantitative estimate of drug-likeness (QED) is 0.281. The van der Waals surface area contributed by atoms with Gasteiger partial charge in [-0.3, -0.25) is 14.2 Å². The van der Waals surface area contributed by atoms with E-state index in [-0.39, 0.29) is 28.2 Å². The highest BCUT2D eigenvalue weighted by molar-refractivity contribution is 7.99. The summed E-state index contributed by atoms with van der Waals surface area (Å²) in [6.45, 7) is 6.03. The number of ketones is 1. The Bertz CT molecular complexity index is 1310. The van der Waals surface area contributed by atoms with E-state index >= 15 is 0 Å². The number of carbonyl (C=O) groups excluding carboxylic acids is 2. The third-order valence-corrected chi connectivity index (χ3v) is 8.35. The Kier molecular flexibility index (Phi) is 9.35. The first-order valence-corrected chi connectivity index (χ1v) is 13.8. The molecule has 36 heavy (non-hydrogen) atoms. The Morgan fingerprint density at radius 2 is 1.67 bits per heavy atom. The fourth-order valence-corrected chi connectivity index (χ4v) is 5.82. The van der Waals surface area contributed by atoms with E-state index in [1.165, 1.54) is 47.6 Å². The molecule has 0 radical (unpaired) electrons. The summed E-state index contributed by atoms with van der Waals surface area (Å²) in [6.07, 6.45) is 0.390. The van der Waals surface area contributed by atoms with E-state index in [1.807, 2.05) is 0 Å². The molecule has 0 saturated carbocycles. The van der Waals surface area contributed by atoms with Gasteiger partial charge in [0.25, 0.3) is 0 Å². The number of halogens is 1. The second-order valence-corrected chi connectivity index (χ2v) is 10.6. The van der Waals surface area contributed by atoms with Gasteiger partial charge < -0.3 is 5.32 Å². The zero-order valence-corrected chi connectivity index (χ0v) is 21.9. The van der Waals surface area contributed by atoms with Crippen molar-refractivity contribution in [3.8, 4) is 5.69 Å². The Hall–Kier alpha value is -3.09. The molecule has 0 bridgehead atoms. The average molecular weight is 534 g/mol. The molecule has 0 aliphatic heterocycles. The minimum Gasteiger partial charge on any atom is -0.356 e. The van der Waals surface area contributed by atoms with Crippen molar-refractivity contribution < 1.29 is 22.4 Å². The Morgan fingerprint density at radius 3 is 2.25 bits per heavy atom. The van der Waals surface area contributed by atoms with E-state index in [1.54, 1.807) is 30.5 Å². The van der Waals surface area contributed by atoms with Gasteiger partial charge in [0.1, 0.15) is 11.6 Å². The van der Waals surface area contributed by atoms with Gasteiger partial charge in [0, 0.05) is 44.2 Å². The van der Waals surface area contributed by atoms with Crippen LogP contribution in [0.2, 0.25) is 0 Å².